The third-order valence-electron chi connectivity index (χ3n) is 5.00. The highest BCUT2D eigenvalue weighted by atomic mass is 16.5. The zero-order valence-electron chi connectivity index (χ0n) is 18.1. The number of phenols is 4. The highest BCUT2D eigenvalue weighted by Crippen LogP contribution is 2.38. The Kier molecular flexibility index (Phi) is 8.66. The van der Waals surface area contributed by atoms with Gasteiger partial charge >= 0.3 is 5.97 Å². The molecule has 8 heteroatoms. The van der Waals surface area contributed by atoms with Gasteiger partial charge in [-0.05, 0) is 73.9 Å². The van der Waals surface area contributed by atoms with E-state index in [1.807, 2.05) is 0 Å². The Morgan fingerprint density at radius 1 is 0.806 bits per heavy atom. The highest BCUT2D eigenvalue weighted by molar-refractivity contribution is 5.66. The Morgan fingerprint density at radius 3 is 1.87 bits per heavy atom. The molecule has 0 spiro atoms. The number of carbonyl (C=O) groups is 1. The summed E-state index contributed by atoms with van der Waals surface area (Å²) >= 11 is 0. The lowest BCUT2D eigenvalue weighted by Crippen LogP contribution is -2.17. The second-order valence-electron chi connectivity index (χ2n) is 7.35. The summed E-state index contributed by atoms with van der Waals surface area (Å²) in [6.07, 6.45) is 3.69. The molecule has 4 N–H and O–H groups in total. The lowest BCUT2D eigenvalue weighted by Gasteiger charge is -2.18. The van der Waals surface area contributed by atoms with Gasteiger partial charge in [0.1, 0.15) is 6.10 Å². The molecule has 0 fully saturated rings. The van der Waals surface area contributed by atoms with E-state index in [9.17, 15) is 25.2 Å². The number of esters is 1. The third-order valence-corrected chi connectivity index (χ3v) is 5.00. The van der Waals surface area contributed by atoms with Crippen LogP contribution >= 0.6 is 0 Å². The first-order valence-electron chi connectivity index (χ1n) is 10.1. The summed E-state index contributed by atoms with van der Waals surface area (Å²) in [4.78, 5) is 11.5. The van der Waals surface area contributed by atoms with Crippen LogP contribution in [-0.2, 0) is 22.4 Å². The topological polar surface area (TPSA) is 126 Å². The molecular formula is C23H30O8. The molecule has 0 bridgehead atoms. The summed E-state index contributed by atoms with van der Waals surface area (Å²) in [6.45, 7) is 1.38. The van der Waals surface area contributed by atoms with E-state index in [0.717, 1.165) is 18.4 Å². The van der Waals surface area contributed by atoms with Crippen molar-refractivity contribution in [1.29, 1.82) is 0 Å². The first-order chi connectivity index (χ1) is 14.7. The van der Waals surface area contributed by atoms with Crippen LogP contribution < -0.4 is 9.47 Å². The lowest BCUT2D eigenvalue weighted by atomic mass is 10.00. The molecule has 170 valence electrons. The van der Waals surface area contributed by atoms with Crippen molar-refractivity contribution in [2.45, 2.75) is 51.6 Å². The monoisotopic (exact) mass is 434 g/mol. The minimum atomic E-state index is -0.527. The van der Waals surface area contributed by atoms with E-state index in [1.54, 1.807) is 12.1 Å². The summed E-state index contributed by atoms with van der Waals surface area (Å²) in [5.41, 5.74) is 1.60. The van der Waals surface area contributed by atoms with Gasteiger partial charge in [0.15, 0.2) is 28.7 Å². The molecule has 0 saturated carbocycles. The van der Waals surface area contributed by atoms with Crippen LogP contribution in [0.3, 0.4) is 0 Å². The van der Waals surface area contributed by atoms with E-state index in [0.29, 0.717) is 42.7 Å². The van der Waals surface area contributed by atoms with E-state index in [-0.39, 0.29) is 29.3 Å². The minimum Gasteiger partial charge on any atom is -0.504 e. The fourth-order valence-corrected chi connectivity index (χ4v) is 3.42. The normalized spacial score (nSPS) is 11.7. The molecule has 0 unspecified atom stereocenters. The summed E-state index contributed by atoms with van der Waals surface area (Å²) in [5.74, 6) is -1.00. The SMILES string of the molecule is COc1cc(CC[C@@H](CCCCc2cc(O)c(O)c(O)c2)OC(C)=O)cc(OC)c1O. The van der Waals surface area contributed by atoms with Gasteiger partial charge in [-0.1, -0.05) is 0 Å². The van der Waals surface area contributed by atoms with Gasteiger partial charge in [0.25, 0.3) is 0 Å². The van der Waals surface area contributed by atoms with Crippen molar-refractivity contribution >= 4 is 5.97 Å². The van der Waals surface area contributed by atoms with Gasteiger partial charge in [-0.25, -0.2) is 0 Å². The Morgan fingerprint density at radius 2 is 1.35 bits per heavy atom. The van der Waals surface area contributed by atoms with E-state index >= 15 is 0 Å². The second-order valence-corrected chi connectivity index (χ2v) is 7.35. The molecule has 0 saturated heterocycles. The number of aromatic hydroxyl groups is 4. The van der Waals surface area contributed by atoms with E-state index in [1.165, 1.54) is 33.3 Å². The molecule has 31 heavy (non-hydrogen) atoms. The van der Waals surface area contributed by atoms with Crippen LogP contribution in [0.2, 0.25) is 0 Å². The molecule has 1 atom stereocenters. The van der Waals surface area contributed by atoms with Gasteiger partial charge in [0.2, 0.25) is 5.75 Å². The van der Waals surface area contributed by atoms with Gasteiger partial charge in [0.05, 0.1) is 14.2 Å². The first-order valence-corrected chi connectivity index (χ1v) is 10.1. The van der Waals surface area contributed by atoms with Crippen LogP contribution in [0.5, 0.6) is 34.5 Å². The largest absolute Gasteiger partial charge is 0.504 e. The number of unbranched alkanes of at least 4 members (excludes halogenated alkanes) is 1. The summed E-state index contributed by atoms with van der Waals surface area (Å²) in [7, 11) is 2.93. The molecule has 0 aliphatic carbocycles. The van der Waals surface area contributed by atoms with E-state index < -0.39 is 5.75 Å². The molecule has 2 aromatic carbocycles. The Balaban J connectivity index is 1.93. The number of hydrogen-bond acceptors (Lipinski definition) is 8. The maximum atomic E-state index is 11.5. The van der Waals surface area contributed by atoms with E-state index in [4.69, 9.17) is 14.2 Å². The van der Waals surface area contributed by atoms with Crippen LogP contribution in [0, 0.1) is 0 Å². The quantitative estimate of drug-likeness (QED) is 0.239. The maximum absolute atomic E-state index is 11.5. The molecular weight excluding hydrogens is 404 g/mol. The van der Waals surface area contributed by atoms with E-state index in [2.05, 4.69) is 0 Å². The number of phenolic OH excluding ortho intramolecular Hbond substituents is 4. The Bertz CT molecular complexity index is 845. The van der Waals surface area contributed by atoms with Crippen molar-refractivity contribution in [3.63, 3.8) is 0 Å². The van der Waals surface area contributed by atoms with Gasteiger partial charge in [0, 0.05) is 6.92 Å². The fraction of sp³-hybridized carbons (Fsp3) is 0.435. The Hall–Kier alpha value is -3.29. The molecule has 0 amide bonds. The molecule has 0 aliphatic heterocycles. The van der Waals surface area contributed by atoms with Crippen LogP contribution in [-0.4, -0.2) is 46.7 Å². The average molecular weight is 434 g/mol. The minimum absolute atomic E-state index is 0.0587. The van der Waals surface area contributed by atoms with Crippen molar-refractivity contribution in [2.75, 3.05) is 14.2 Å². The van der Waals surface area contributed by atoms with Crippen LogP contribution in [0.4, 0.5) is 0 Å². The van der Waals surface area contributed by atoms with Gasteiger partial charge in [-0.15, -0.1) is 0 Å². The number of methoxy groups -OCH3 is 2. The van der Waals surface area contributed by atoms with Gasteiger partial charge in [-0.3, -0.25) is 4.79 Å². The summed E-state index contributed by atoms with van der Waals surface area (Å²) in [6, 6.07) is 6.30. The number of carbonyl (C=O) groups excluding carboxylic acids is 1. The molecule has 2 aromatic rings. The number of ether oxygens (including phenoxy) is 3. The predicted octanol–water partition coefficient (Wildman–Crippen LogP) is 3.80. The van der Waals surface area contributed by atoms with Gasteiger partial charge < -0.3 is 34.6 Å². The maximum Gasteiger partial charge on any atom is 0.302 e. The Labute approximate surface area is 181 Å². The molecule has 0 radical (unpaired) electrons. The number of rotatable bonds is 11. The molecule has 8 nitrogen and oxygen atoms in total. The van der Waals surface area contributed by atoms with Crippen LogP contribution in [0.15, 0.2) is 24.3 Å². The molecule has 0 heterocycles. The summed E-state index contributed by atoms with van der Waals surface area (Å²) < 4.78 is 15.8. The summed E-state index contributed by atoms with van der Waals surface area (Å²) in [5, 5.41) is 38.6. The first kappa shape index (κ1) is 24.0. The standard InChI is InChI=1S/C23H30O8/c1-14(24)31-17(7-5-4-6-15-10-18(25)22(27)19(26)11-15)9-8-16-12-20(29-2)23(28)21(13-16)30-3/h10-13,17,25-28H,4-9H2,1-3H3/t17-/m1/s1. The van der Waals surface area contributed by atoms with Crippen molar-refractivity contribution < 1.29 is 39.4 Å². The zero-order chi connectivity index (χ0) is 23.0. The van der Waals surface area contributed by atoms with Crippen molar-refractivity contribution in [3.05, 3.63) is 35.4 Å². The zero-order valence-corrected chi connectivity index (χ0v) is 18.1. The van der Waals surface area contributed by atoms with Crippen LogP contribution in [0.1, 0.15) is 43.7 Å². The molecule has 0 aromatic heterocycles. The average Bonchev–Trinajstić information content (AvgIpc) is 2.73. The van der Waals surface area contributed by atoms with Gasteiger partial charge in [-0.2, -0.15) is 0 Å². The second kappa shape index (κ2) is 11.2. The third kappa shape index (κ3) is 6.87. The van der Waals surface area contributed by atoms with Crippen LogP contribution in [0.25, 0.3) is 0 Å². The highest BCUT2D eigenvalue weighted by Gasteiger charge is 2.16. The molecule has 0 aliphatic rings. The number of benzene rings is 2. The lowest BCUT2D eigenvalue weighted by molar-refractivity contribution is -0.147. The molecule has 2 rings (SSSR count). The van der Waals surface area contributed by atoms with Crippen molar-refractivity contribution in [3.8, 4) is 34.5 Å². The number of hydrogen-bond donors (Lipinski definition) is 4. The fourth-order valence-electron chi connectivity index (χ4n) is 3.42. The van der Waals surface area contributed by atoms with Crippen molar-refractivity contribution in [1.82, 2.24) is 0 Å². The van der Waals surface area contributed by atoms with Crippen molar-refractivity contribution in [2.24, 2.45) is 0 Å². The number of aryl methyl sites for hydroxylation is 2. The predicted molar refractivity (Wildman–Crippen MR) is 114 cm³/mol. The smallest absolute Gasteiger partial charge is 0.302 e.